The monoisotopic (exact) mass is 423 g/mol. The van der Waals surface area contributed by atoms with Crippen molar-refractivity contribution in [3.63, 3.8) is 0 Å². The second-order valence-electron chi connectivity index (χ2n) is 6.86. The van der Waals surface area contributed by atoms with Crippen LogP contribution in [0.1, 0.15) is 30.0 Å². The third-order valence-electron chi connectivity index (χ3n) is 5.16. The zero-order valence-corrected chi connectivity index (χ0v) is 17.3. The summed E-state index contributed by atoms with van der Waals surface area (Å²) < 4.78 is 10.9. The average Bonchev–Trinajstić information content (AvgIpc) is 2.71. The van der Waals surface area contributed by atoms with Crippen LogP contribution in [-0.2, 0) is 4.79 Å². The predicted molar refractivity (Wildman–Crippen MR) is 110 cm³/mol. The maximum atomic E-state index is 11.6. The van der Waals surface area contributed by atoms with Gasteiger partial charge in [-0.25, -0.2) is 0 Å². The summed E-state index contributed by atoms with van der Waals surface area (Å²) in [5, 5.41) is 10.5. The Morgan fingerprint density at radius 3 is 2.57 bits per heavy atom. The normalized spacial score (nSPS) is 18.5. The molecule has 0 saturated carbocycles. The molecule has 0 spiro atoms. The Bertz CT molecular complexity index is 858. The molecule has 1 saturated heterocycles. The number of carboxylic acid groups (broad SMARTS) is 1. The van der Waals surface area contributed by atoms with Crippen LogP contribution in [0.15, 0.2) is 36.4 Å². The maximum Gasteiger partial charge on any atom is 0.307 e. The van der Waals surface area contributed by atoms with Gasteiger partial charge in [0.25, 0.3) is 0 Å². The smallest absolute Gasteiger partial charge is 0.307 e. The number of piperidine rings is 1. The van der Waals surface area contributed by atoms with Crippen LogP contribution in [0.3, 0.4) is 0 Å². The van der Waals surface area contributed by atoms with Crippen LogP contribution in [0.25, 0.3) is 0 Å². The van der Waals surface area contributed by atoms with Crippen molar-refractivity contribution in [3.8, 4) is 11.5 Å². The van der Waals surface area contributed by atoms with Gasteiger partial charge in [-0.1, -0.05) is 29.3 Å². The van der Waals surface area contributed by atoms with Crippen LogP contribution in [0, 0.1) is 5.92 Å². The van der Waals surface area contributed by atoms with E-state index in [1.165, 1.54) is 0 Å². The molecule has 1 aliphatic heterocycles. The lowest BCUT2D eigenvalue weighted by Gasteiger charge is -2.38. The van der Waals surface area contributed by atoms with Gasteiger partial charge in [0.2, 0.25) is 0 Å². The van der Waals surface area contributed by atoms with E-state index in [0.29, 0.717) is 34.5 Å². The fourth-order valence-electron chi connectivity index (χ4n) is 3.76. The second kappa shape index (κ2) is 9.03. The van der Waals surface area contributed by atoms with E-state index in [0.717, 1.165) is 24.1 Å². The molecule has 150 valence electrons. The number of ether oxygens (including phenoxy) is 2. The number of aliphatic carboxylic acids is 1. The summed E-state index contributed by atoms with van der Waals surface area (Å²) in [6.45, 7) is 1.24. The van der Waals surface area contributed by atoms with Gasteiger partial charge in [-0.15, -0.1) is 0 Å². The average molecular weight is 424 g/mol. The van der Waals surface area contributed by atoms with Crippen LogP contribution in [-0.4, -0.2) is 43.3 Å². The number of hydrogen-bond acceptors (Lipinski definition) is 4. The molecule has 2 atom stereocenters. The first-order valence-corrected chi connectivity index (χ1v) is 9.84. The fraction of sp³-hybridized carbons (Fsp3) is 0.381. The highest BCUT2D eigenvalue weighted by atomic mass is 35.5. The van der Waals surface area contributed by atoms with Crippen LogP contribution >= 0.6 is 23.2 Å². The largest absolute Gasteiger partial charge is 0.497 e. The Morgan fingerprint density at radius 1 is 1.14 bits per heavy atom. The number of halogens is 2. The minimum atomic E-state index is -0.765. The number of hydrogen-bond donors (Lipinski definition) is 1. The number of likely N-dealkylation sites (tertiary alicyclic amines) is 1. The molecule has 1 N–H and O–H groups in total. The van der Waals surface area contributed by atoms with E-state index in [-0.39, 0.29) is 6.04 Å². The van der Waals surface area contributed by atoms with Crippen molar-refractivity contribution in [2.75, 3.05) is 27.3 Å². The van der Waals surface area contributed by atoms with Gasteiger partial charge in [-0.05, 0) is 49.2 Å². The molecule has 0 bridgehead atoms. The first-order valence-electron chi connectivity index (χ1n) is 9.08. The van der Waals surface area contributed by atoms with Crippen molar-refractivity contribution < 1.29 is 19.4 Å². The Hall–Kier alpha value is -1.95. The van der Waals surface area contributed by atoms with Gasteiger partial charge in [0, 0.05) is 18.2 Å². The van der Waals surface area contributed by atoms with E-state index in [4.69, 9.17) is 32.7 Å². The molecule has 0 amide bonds. The minimum absolute atomic E-state index is 0.210. The first kappa shape index (κ1) is 20.8. The molecular weight excluding hydrogens is 401 g/mol. The van der Waals surface area contributed by atoms with Gasteiger partial charge in [-0.2, -0.15) is 0 Å². The Kier molecular flexibility index (Phi) is 6.70. The van der Waals surface area contributed by atoms with Gasteiger partial charge in [0.1, 0.15) is 11.5 Å². The quantitative estimate of drug-likeness (QED) is 0.715. The SMILES string of the molecule is COc1ccc(C(c2ccc(Cl)c(Cl)c2)N2CCCC(C(=O)O)C2)c(OC)c1. The van der Waals surface area contributed by atoms with Crippen LogP contribution in [0.2, 0.25) is 10.0 Å². The van der Waals surface area contributed by atoms with E-state index < -0.39 is 11.9 Å². The zero-order chi connectivity index (χ0) is 20.3. The van der Waals surface area contributed by atoms with Gasteiger partial charge >= 0.3 is 5.97 Å². The van der Waals surface area contributed by atoms with Gasteiger partial charge in [-0.3, -0.25) is 9.69 Å². The van der Waals surface area contributed by atoms with Gasteiger partial charge in [0.15, 0.2) is 0 Å². The summed E-state index contributed by atoms with van der Waals surface area (Å²) in [5.74, 6) is 0.200. The van der Waals surface area contributed by atoms with E-state index in [1.54, 1.807) is 20.3 Å². The summed E-state index contributed by atoms with van der Waals surface area (Å²) in [7, 11) is 3.22. The standard InChI is InChI=1S/C21H23Cl2NO4/c1-27-15-6-7-16(19(11-15)28-2)20(13-5-8-17(22)18(23)10-13)24-9-3-4-14(12-24)21(25)26/h5-8,10-11,14,20H,3-4,9,12H2,1-2H3,(H,25,26). The maximum absolute atomic E-state index is 11.6. The van der Waals surface area contributed by atoms with Crippen molar-refractivity contribution >= 4 is 29.2 Å². The second-order valence-corrected chi connectivity index (χ2v) is 7.67. The molecule has 2 aromatic rings. The molecule has 0 aromatic heterocycles. The highest BCUT2D eigenvalue weighted by Gasteiger charge is 2.33. The zero-order valence-electron chi connectivity index (χ0n) is 15.8. The van der Waals surface area contributed by atoms with Crippen LogP contribution < -0.4 is 9.47 Å². The van der Waals surface area contributed by atoms with E-state index in [9.17, 15) is 9.90 Å². The molecule has 2 aromatic carbocycles. The molecule has 3 rings (SSSR count). The molecule has 2 unspecified atom stereocenters. The van der Waals surface area contributed by atoms with Crippen molar-refractivity contribution in [2.24, 2.45) is 5.92 Å². The molecule has 0 radical (unpaired) electrons. The predicted octanol–water partition coefficient (Wildman–Crippen LogP) is 4.90. The summed E-state index contributed by atoms with van der Waals surface area (Å²) >= 11 is 12.4. The highest BCUT2D eigenvalue weighted by molar-refractivity contribution is 6.42. The molecular formula is C21H23Cl2NO4. The van der Waals surface area contributed by atoms with E-state index in [1.807, 2.05) is 30.3 Å². The lowest BCUT2D eigenvalue weighted by atomic mass is 9.91. The van der Waals surface area contributed by atoms with Crippen LogP contribution in [0.5, 0.6) is 11.5 Å². The van der Waals surface area contributed by atoms with Crippen molar-refractivity contribution in [3.05, 3.63) is 57.6 Å². The van der Waals surface area contributed by atoms with Gasteiger partial charge < -0.3 is 14.6 Å². The van der Waals surface area contributed by atoms with E-state index in [2.05, 4.69) is 4.90 Å². The van der Waals surface area contributed by atoms with Crippen molar-refractivity contribution in [1.82, 2.24) is 4.90 Å². The molecule has 1 fully saturated rings. The molecule has 5 nitrogen and oxygen atoms in total. The third kappa shape index (κ3) is 4.37. The lowest BCUT2D eigenvalue weighted by Crippen LogP contribution is -2.41. The number of carboxylic acids is 1. The fourth-order valence-corrected chi connectivity index (χ4v) is 4.06. The Balaban J connectivity index is 2.09. The molecule has 1 heterocycles. The minimum Gasteiger partial charge on any atom is -0.497 e. The number of nitrogens with zero attached hydrogens (tertiary/aromatic N) is 1. The van der Waals surface area contributed by atoms with E-state index >= 15 is 0 Å². The molecule has 28 heavy (non-hydrogen) atoms. The summed E-state index contributed by atoms with van der Waals surface area (Å²) in [6.07, 6.45) is 1.49. The third-order valence-corrected chi connectivity index (χ3v) is 5.90. The lowest BCUT2D eigenvalue weighted by molar-refractivity contribution is -0.143. The number of benzene rings is 2. The first-order chi connectivity index (χ1) is 13.4. The molecule has 1 aliphatic rings. The Morgan fingerprint density at radius 2 is 1.93 bits per heavy atom. The molecule has 7 heteroatoms. The van der Waals surface area contributed by atoms with Crippen LogP contribution in [0.4, 0.5) is 0 Å². The summed E-state index contributed by atoms with van der Waals surface area (Å²) in [4.78, 5) is 13.8. The Labute approximate surface area is 174 Å². The summed E-state index contributed by atoms with van der Waals surface area (Å²) in [6, 6.07) is 11.0. The van der Waals surface area contributed by atoms with Crippen molar-refractivity contribution in [1.29, 1.82) is 0 Å². The van der Waals surface area contributed by atoms with Gasteiger partial charge in [0.05, 0.1) is 36.2 Å². The summed E-state index contributed by atoms with van der Waals surface area (Å²) in [5.41, 5.74) is 1.86. The molecule has 0 aliphatic carbocycles. The topological polar surface area (TPSA) is 59.0 Å². The number of methoxy groups -OCH3 is 2. The number of rotatable bonds is 6. The number of carbonyl (C=O) groups is 1. The highest BCUT2D eigenvalue weighted by Crippen LogP contribution is 2.40. The van der Waals surface area contributed by atoms with Crippen molar-refractivity contribution in [2.45, 2.75) is 18.9 Å².